The van der Waals surface area contributed by atoms with Crippen LogP contribution >= 0.6 is 11.6 Å². The van der Waals surface area contributed by atoms with E-state index >= 15 is 0 Å². The van der Waals surface area contributed by atoms with Gasteiger partial charge in [-0.15, -0.1) is 0 Å². The molecule has 1 nitrogen and oxygen atoms in total. The first-order valence-electron chi connectivity index (χ1n) is 4.28. The zero-order chi connectivity index (χ0) is 8.55. The van der Waals surface area contributed by atoms with Gasteiger partial charge >= 0.3 is 0 Å². The van der Waals surface area contributed by atoms with E-state index in [2.05, 4.69) is 12.1 Å². The monoisotopic (exact) mass is 181 g/mol. The van der Waals surface area contributed by atoms with Crippen molar-refractivity contribution in [3.05, 3.63) is 34.3 Å². The molecule has 0 spiro atoms. The van der Waals surface area contributed by atoms with Crippen LogP contribution in [0.3, 0.4) is 0 Å². The topological polar surface area (TPSA) is 26.0 Å². The molecule has 1 aliphatic rings. The molecule has 0 bridgehead atoms. The molecule has 0 saturated carbocycles. The third kappa shape index (κ3) is 1.47. The minimum atomic E-state index is 0.346. The summed E-state index contributed by atoms with van der Waals surface area (Å²) < 4.78 is 0. The molecule has 1 aliphatic carbocycles. The summed E-state index contributed by atoms with van der Waals surface area (Å²) >= 11 is 5.88. The molecule has 2 rings (SSSR count). The van der Waals surface area contributed by atoms with Crippen LogP contribution in [0.15, 0.2) is 18.2 Å². The number of hydrogen-bond acceptors (Lipinski definition) is 1. The third-order valence-corrected chi connectivity index (χ3v) is 2.67. The summed E-state index contributed by atoms with van der Waals surface area (Å²) in [6.45, 7) is 0. The molecule has 1 aromatic carbocycles. The Balaban J connectivity index is 2.37. The van der Waals surface area contributed by atoms with Gasteiger partial charge in [-0.05, 0) is 42.5 Å². The Hall–Kier alpha value is -0.530. The molecule has 0 saturated heterocycles. The first-order valence-corrected chi connectivity index (χ1v) is 4.66. The predicted molar refractivity (Wildman–Crippen MR) is 51.5 cm³/mol. The van der Waals surface area contributed by atoms with Gasteiger partial charge in [-0.2, -0.15) is 0 Å². The van der Waals surface area contributed by atoms with Crippen LogP contribution in [-0.2, 0) is 12.8 Å². The summed E-state index contributed by atoms with van der Waals surface area (Å²) in [5.74, 6) is 0. The standard InChI is InChI=1S/C10H12ClN/c11-9-3-1-8-6-10(12)4-2-7(8)5-9/h1,3,5,10H,2,4,6,12H2. The van der Waals surface area contributed by atoms with Crippen molar-refractivity contribution in [2.45, 2.75) is 25.3 Å². The van der Waals surface area contributed by atoms with E-state index < -0.39 is 0 Å². The van der Waals surface area contributed by atoms with Crippen LogP contribution in [0.4, 0.5) is 0 Å². The van der Waals surface area contributed by atoms with Crippen molar-refractivity contribution in [1.29, 1.82) is 0 Å². The summed E-state index contributed by atoms with van der Waals surface area (Å²) in [6.07, 6.45) is 3.18. The van der Waals surface area contributed by atoms with Gasteiger partial charge in [0.05, 0.1) is 0 Å². The molecular weight excluding hydrogens is 170 g/mol. The lowest BCUT2D eigenvalue weighted by molar-refractivity contribution is 0.576. The largest absolute Gasteiger partial charge is 0.327 e. The first-order chi connectivity index (χ1) is 5.75. The molecule has 64 valence electrons. The Morgan fingerprint density at radius 1 is 1.33 bits per heavy atom. The number of nitrogens with two attached hydrogens (primary N) is 1. The van der Waals surface area contributed by atoms with Crippen molar-refractivity contribution in [2.24, 2.45) is 5.73 Å². The lowest BCUT2D eigenvalue weighted by Crippen LogP contribution is -2.27. The Morgan fingerprint density at radius 2 is 2.17 bits per heavy atom. The lowest BCUT2D eigenvalue weighted by atomic mass is 9.89. The predicted octanol–water partition coefficient (Wildman–Crippen LogP) is 2.16. The molecule has 0 aromatic heterocycles. The Bertz CT molecular complexity index is 296. The van der Waals surface area contributed by atoms with E-state index in [1.807, 2.05) is 6.07 Å². The highest BCUT2D eigenvalue weighted by molar-refractivity contribution is 6.30. The summed E-state index contributed by atoms with van der Waals surface area (Å²) in [4.78, 5) is 0. The molecule has 2 heteroatoms. The van der Waals surface area contributed by atoms with Gasteiger partial charge in [0.25, 0.3) is 0 Å². The van der Waals surface area contributed by atoms with E-state index in [4.69, 9.17) is 17.3 Å². The SMILES string of the molecule is NC1CCc2cc(Cl)ccc2C1. The van der Waals surface area contributed by atoms with Gasteiger partial charge in [-0.3, -0.25) is 0 Å². The van der Waals surface area contributed by atoms with Gasteiger partial charge in [-0.1, -0.05) is 17.7 Å². The molecular formula is C10H12ClN. The Labute approximate surface area is 77.5 Å². The van der Waals surface area contributed by atoms with Crippen molar-refractivity contribution in [3.63, 3.8) is 0 Å². The highest BCUT2D eigenvalue weighted by Gasteiger charge is 2.14. The zero-order valence-corrected chi connectivity index (χ0v) is 7.64. The normalized spacial score (nSPS) is 22.0. The molecule has 1 aromatic rings. The van der Waals surface area contributed by atoms with Gasteiger partial charge in [0, 0.05) is 11.1 Å². The Morgan fingerprint density at radius 3 is 3.00 bits per heavy atom. The van der Waals surface area contributed by atoms with E-state index in [0.29, 0.717) is 6.04 Å². The number of benzene rings is 1. The van der Waals surface area contributed by atoms with Crippen LogP contribution in [0.25, 0.3) is 0 Å². The average Bonchev–Trinajstić information content (AvgIpc) is 2.05. The van der Waals surface area contributed by atoms with E-state index in [9.17, 15) is 0 Å². The second-order valence-electron chi connectivity index (χ2n) is 3.42. The third-order valence-electron chi connectivity index (χ3n) is 2.43. The summed E-state index contributed by atoms with van der Waals surface area (Å²) in [6, 6.07) is 6.44. The Kier molecular flexibility index (Phi) is 2.07. The fourth-order valence-corrected chi connectivity index (χ4v) is 1.95. The fraction of sp³-hybridized carbons (Fsp3) is 0.400. The second kappa shape index (κ2) is 3.08. The van der Waals surface area contributed by atoms with Crippen molar-refractivity contribution in [2.75, 3.05) is 0 Å². The smallest absolute Gasteiger partial charge is 0.0408 e. The second-order valence-corrected chi connectivity index (χ2v) is 3.85. The minimum absolute atomic E-state index is 0.346. The lowest BCUT2D eigenvalue weighted by Gasteiger charge is -2.21. The highest BCUT2D eigenvalue weighted by atomic mass is 35.5. The molecule has 1 atom stereocenters. The molecule has 1 unspecified atom stereocenters. The quantitative estimate of drug-likeness (QED) is 0.652. The van der Waals surface area contributed by atoms with Gasteiger partial charge in [0.1, 0.15) is 0 Å². The minimum Gasteiger partial charge on any atom is -0.327 e. The summed E-state index contributed by atoms with van der Waals surface area (Å²) in [5.41, 5.74) is 8.61. The van der Waals surface area contributed by atoms with Gasteiger partial charge in [0.2, 0.25) is 0 Å². The van der Waals surface area contributed by atoms with Crippen LogP contribution in [0.1, 0.15) is 17.5 Å². The van der Waals surface area contributed by atoms with Gasteiger partial charge in [0.15, 0.2) is 0 Å². The number of fused-ring (bicyclic) bond motifs is 1. The number of aryl methyl sites for hydroxylation is 1. The van der Waals surface area contributed by atoms with Crippen LogP contribution in [0.2, 0.25) is 5.02 Å². The molecule has 0 amide bonds. The molecule has 0 aliphatic heterocycles. The highest BCUT2D eigenvalue weighted by Crippen LogP contribution is 2.23. The molecule has 0 heterocycles. The van der Waals surface area contributed by atoms with Gasteiger partial charge < -0.3 is 5.73 Å². The number of halogens is 1. The van der Waals surface area contributed by atoms with Gasteiger partial charge in [-0.25, -0.2) is 0 Å². The molecule has 0 radical (unpaired) electrons. The van der Waals surface area contributed by atoms with Crippen LogP contribution in [0.5, 0.6) is 0 Å². The van der Waals surface area contributed by atoms with Crippen molar-refractivity contribution < 1.29 is 0 Å². The average molecular weight is 182 g/mol. The zero-order valence-electron chi connectivity index (χ0n) is 6.89. The van der Waals surface area contributed by atoms with Crippen LogP contribution in [-0.4, -0.2) is 6.04 Å². The van der Waals surface area contributed by atoms with Crippen LogP contribution in [0, 0.1) is 0 Å². The number of hydrogen-bond donors (Lipinski definition) is 1. The van der Waals surface area contributed by atoms with Crippen LogP contribution < -0.4 is 5.73 Å². The number of rotatable bonds is 0. The maximum Gasteiger partial charge on any atom is 0.0408 e. The summed E-state index contributed by atoms with van der Waals surface area (Å²) in [5, 5.41) is 0.837. The van der Waals surface area contributed by atoms with Crippen molar-refractivity contribution in [3.8, 4) is 0 Å². The van der Waals surface area contributed by atoms with E-state index in [0.717, 1.165) is 24.3 Å². The molecule has 0 fully saturated rings. The maximum absolute atomic E-state index is 5.88. The van der Waals surface area contributed by atoms with E-state index in [1.165, 1.54) is 11.1 Å². The molecule has 12 heavy (non-hydrogen) atoms. The maximum atomic E-state index is 5.88. The first kappa shape index (κ1) is 8.09. The fourth-order valence-electron chi connectivity index (χ4n) is 1.75. The van der Waals surface area contributed by atoms with E-state index in [-0.39, 0.29) is 0 Å². The van der Waals surface area contributed by atoms with E-state index in [1.54, 1.807) is 0 Å². The van der Waals surface area contributed by atoms with Crippen molar-refractivity contribution >= 4 is 11.6 Å². The summed E-state index contributed by atoms with van der Waals surface area (Å²) in [7, 11) is 0. The van der Waals surface area contributed by atoms with Crippen molar-refractivity contribution in [1.82, 2.24) is 0 Å². The molecule has 2 N–H and O–H groups in total.